The fraction of sp³-hybridized carbons (Fsp3) is 0.875. The minimum atomic E-state index is -0.593. The molecule has 1 saturated heterocycles. The molecule has 0 unspecified atom stereocenters. The van der Waals surface area contributed by atoms with Gasteiger partial charge in [0.1, 0.15) is 0 Å². The lowest BCUT2D eigenvalue weighted by molar-refractivity contribution is -0.148. The molecule has 0 aromatic heterocycles. The van der Waals surface area contributed by atoms with E-state index in [0.717, 1.165) is 32.2 Å². The molecular weight excluding hydrogens is 142 g/mol. The molecule has 2 rings (SSSR count). The van der Waals surface area contributed by atoms with Gasteiger partial charge in [-0.05, 0) is 25.8 Å². The Kier molecular flexibility index (Phi) is 1.42. The first kappa shape index (κ1) is 7.10. The second-order valence-corrected chi connectivity index (χ2v) is 3.61. The summed E-state index contributed by atoms with van der Waals surface area (Å²) in [4.78, 5) is 11.0. The number of nitrogens with one attached hydrogen (secondary N) is 1. The highest BCUT2D eigenvalue weighted by Crippen LogP contribution is 2.44. The van der Waals surface area contributed by atoms with E-state index in [1.165, 1.54) is 0 Å². The second-order valence-electron chi connectivity index (χ2n) is 3.61. The van der Waals surface area contributed by atoms with Crippen molar-refractivity contribution >= 4 is 5.97 Å². The monoisotopic (exact) mass is 155 g/mol. The first-order valence-corrected chi connectivity index (χ1v) is 4.22. The summed E-state index contributed by atoms with van der Waals surface area (Å²) < 4.78 is 0. The largest absolute Gasteiger partial charge is 0.481 e. The minimum absolute atomic E-state index is 0.264. The Morgan fingerprint density at radius 3 is 3.00 bits per heavy atom. The van der Waals surface area contributed by atoms with Crippen LogP contribution in [-0.4, -0.2) is 23.7 Å². The van der Waals surface area contributed by atoms with Gasteiger partial charge >= 0.3 is 5.97 Å². The average Bonchev–Trinajstić information content (AvgIpc) is 2.40. The predicted octanol–water partition coefficient (Wildman–Crippen LogP) is 0.603. The van der Waals surface area contributed by atoms with Crippen LogP contribution in [0.3, 0.4) is 0 Å². The number of hydrogen-bond acceptors (Lipinski definition) is 2. The third kappa shape index (κ3) is 0.805. The van der Waals surface area contributed by atoms with E-state index >= 15 is 0 Å². The van der Waals surface area contributed by atoms with Crippen LogP contribution in [0, 0.1) is 5.41 Å². The number of carboxylic acid groups (broad SMARTS) is 1. The molecule has 0 bridgehead atoms. The Morgan fingerprint density at radius 2 is 2.36 bits per heavy atom. The van der Waals surface area contributed by atoms with Crippen LogP contribution in [0.5, 0.6) is 0 Å². The molecule has 3 nitrogen and oxygen atoms in total. The SMILES string of the molecule is O=C(O)[C@]12CCC[C@@H]1NCC2. The van der Waals surface area contributed by atoms with Crippen LogP contribution in [0.15, 0.2) is 0 Å². The van der Waals surface area contributed by atoms with Crippen molar-refractivity contribution in [2.75, 3.05) is 6.54 Å². The first-order valence-electron chi connectivity index (χ1n) is 4.22. The van der Waals surface area contributed by atoms with E-state index in [0.29, 0.717) is 0 Å². The molecule has 2 atom stereocenters. The summed E-state index contributed by atoms with van der Waals surface area (Å²) in [6.07, 6.45) is 3.82. The van der Waals surface area contributed by atoms with Gasteiger partial charge in [-0.3, -0.25) is 4.79 Å². The maximum absolute atomic E-state index is 11.0. The fourth-order valence-corrected chi connectivity index (χ4v) is 2.50. The molecule has 0 amide bonds. The molecule has 0 spiro atoms. The van der Waals surface area contributed by atoms with Crippen molar-refractivity contribution in [1.29, 1.82) is 0 Å². The van der Waals surface area contributed by atoms with Crippen LogP contribution in [0.4, 0.5) is 0 Å². The zero-order valence-electron chi connectivity index (χ0n) is 6.47. The Bertz CT molecular complexity index is 181. The average molecular weight is 155 g/mol. The third-order valence-electron chi connectivity index (χ3n) is 3.17. The summed E-state index contributed by atoms with van der Waals surface area (Å²) in [5, 5.41) is 12.3. The maximum Gasteiger partial charge on any atom is 0.311 e. The molecule has 2 fully saturated rings. The molecule has 11 heavy (non-hydrogen) atoms. The minimum Gasteiger partial charge on any atom is -0.481 e. The van der Waals surface area contributed by atoms with Gasteiger partial charge in [-0.15, -0.1) is 0 Å². The Hall–Kier alpha value is -0.570. The van der Waals surface area contributed by atoms with Crippen LogP contribution >= 0.6 is 0 Å². The van der Waals surface area contributed by atoms with E-state index in [1.807, 2.05) is 0 Å². The Balaban J connectivity index is 2.26. The van der Waals surface area contributed by atoms with Crippen LogP contribution in [-0.2, 0) is 4.79 Å². The summed E-state index contributed by atoms with van der Waals surface area (Å²) in [5.74, 6) is -0.593. The van der Waals surface area contributed by atoms with Gasteiger partial charge in [-0.2, -0.15) is 0 Å². The van der Waals surface area contributed by atoms with Crippen LogP contribution < -0.4 is 5.32 Å². The molecule has 1 aliphatic heterocycles. The number of rotatable bonds is 1. The lowest BCUT2D eigenvalue weighted by atomic mass is 9.83. The zero-order valence-corrected chi connectivity index (χ0v) is 6.47. The predicted molar refractivity (Wildman–Crippen MR) is 40.3 cm³/mol. The van der Waals surface area contributed by atoms with E-state index < -0.39 is 5.97 Å². The van der Waals surface area contributed by atoms with Gasteiger partial charge in [-0.1, -0.05) is 6.42 Å². The van der Waals surface area contributed by atoms with Crippen molar-refractivity contribution in [1.82, 2.24) is 5.32 Å². The van der Waals surface area contributed by atoms with Crippen molar-refractivity contribution in [3.8, 4) is 0 Å². The molecule has 2 aliphatic rings. The highest BCUT2D eigenvalue weighted by atomic mass is 16.4. The topological polar surface area (TPSA) is 49.3 Å². The highest BCUT2D eigenvalue weighted by molar-refractivity contribution is 5.76. The van der Waals surface area contributed by atoms with Crippen LogP contribution in [0.1, 0.15) is 25.7 Å². The third-order valence-corrected chi connectivity index (χ3v) is 3.17. The van der Waals surface area contributed by atoms with E-state index in [9.17, 15) is 4.79 Å². The smallest absolute Gasteiger partial charge is 0.311 e. The van der Waals surface area contributed by atoms with E-state index in [4.69, 9.17) is 5.11 Å². The van der Waals surface area contributed by atoms with E-state index in [1.54, 1.807) is 0 Å². The summed E-state index contributed by atoms with van der Waals surface area (Å²) >= 11 is 0. The number of fused-ring (bicyclic) bond motifs is 1. The van der Waals surface area contributed by atoms with E-state index in [-0.39, 0.29) is 11.5 Å². The van der Waals surface area contributed by atoms with Gasteiger partial charge < -0.3 is 10.4 Å². The Morgan fingerprint density at radius 1 is 1.55 bits per heavy atom. The normalized spacial score (nSPS) is 42.4. The van der Waals surface area contributed by atoms with Gasteiger partial charge in [0, 0.05) is 6.04 Å². The van der Waals surface area contributed by atoms with Crippen molar-refractivity contribution < 1.29 is 9.90 Å². The lowest BCUT2D eigenvalue weighted by Crippen LogP contribution is -2.38. The van der Waals surface area contributed by atoms with Crippen molar-refractivity contribution in [2.45, 2.75) is 31.7 Å². The molecule has 1 saturated carbocycles. The number of carboxylic acids is 1. The van der Waals surface area contributed by atoms with Gasteiger partial charge in [0.05, 0.1) is 5.41 Å². The zero-order chi connectivity index (χ0) is 7.90. The van der Waals surface area contributed by atoms with Crippen LogP contribution in [0.2, 0.25) is 0 Å². The summed E-state index contributed by atoms with van der Waals surface area (Å²) in [6, 6.07) is 0.264. The summed E-state index contributed by atoms with van der Waals surface area (Å²) in [7, 11) is 0. The van der Waals surface area contributed by atoms with Crippen molar-refractivity contribution in [3.05, 3.63) is 0 Å². The van der Waals surface area contributed by atoms with Gasteiger partial charge in [0.15, 0.2) is 0 Å². The molecule has 62 valence electrons. The highest BCUT2D eigenvalue weighted by Gasteiger charge is 2.51. The summed E-state index contributed by atoms with van der Waals surface area (Å²) in [6.45, 7) is 0.886. The lowest BCUT2D eigenvalue weighted by Gasteiger charge is -2.22. The van der Waals surface area contributed by atoms with Crippen molar-refractivity contribution in [2.24, 2.45) is 5.41 Å². The fourth-order valence-electron chi connectivity index (χ4n) is 2.50. The molecule has 2 N–H and O–H groups in total. The molecule has 1 heterocycles. The quantitative estimate of drug-likeness (QED) is 0.583. The van der Waals surface area contributed by atoms with Gasteiger partial charge in [0.25, 0.3) is 0 Å². The van der Waals surface area contributed by atoms with Gasteiger partial charge in [0.2, 0.25) is 0 Å². The molecular formula is C8H13NO2. The molecule has 1 aliphatic carbocycles. The standard InChI is InChI=1S/C8H13NO2/c10-7(11)8-3-1-2-6(8)9-5-4-8/h6,9H,1-5H2,(H,10,11)/t6-,8-/m0/s1. The first-order chi connectivity index (χ1) is 5.26. The number of aliphatic carboxylic acids is 1. The Labute approximate surface area is 65.8 Å². The number of hydrogen-bond donors (Lipinski definition) is 2. The van der Waals surface area contributed by atoms with E-state index in [2.05, 4.69) is 5.32 Å². The van der Waals surface area contributed by atoms with Crippen molar-refractivity contribution in [3.63, 3.8) is 0 Å². The number of carbonyl (C=O) groups is 1. The van der Waals surface area contributed by atoms with Gasteiger partial charge in [-0.25, -0.2) is 0 Å². The maximum atomic E-state index is 11.0. The molecule has 0 aromatic rings. The second kappa shape index (κ2) is 2.21. The van der Waals surface area contributed by atoms with Crippen LogP contribution in [0.25, 0.3) is 0 Å². The summed E-state index contributed by atoms with van der Waals surface area (Å²) in [5.41, 5.74) is -0.389. The molecule has 0 radical (unpaired) electrons. The molecule has 0 aromatic carbocycles. The molecule has 3 heteroatoms.